The summed E-state index contributed by atoms with van der Waals surface area (Å²) in [5.74, 6) is 5.38. The highest BCUT2D eigenvalue weighted by molar-refractivity contribution is 8.76. The van der Waals surface area contributed by atoms with Crippen LogP contribution in [0.5, 0.6) is 11.5 Å². The molecule has 0 amide bonds. The Morgan fingerprint density at radius 3 is 1.37 bits per heavy atom. The van der Waals surface area contributed by atoms with Gasteiger partial charge in [-0.3, -0.25) is 0 Å². The van der Waals surface area contributed by atoms with Gasteiger partial charge >= 0.3 is 0 Å². The largest absolute Gasteiger partial charge is 0.493 e. The van der Waals surface area contributed by atoms with Crippen LogP contribution in [-0.4, -0.2) is 50.9 Å². The number of benzene rings is 2. The lowest BCUT2D eigenvalue weighted by Gasteiger charge is -2.13. The Labute approximate surface area is 252 Å². The lowest BCUT2D eigenvalue weighted by molar-refractivity contribution is 0.302. The molecule has 0 fully saturated rings. The molecule has 0 aromatic heterocycles. The molecule has 2 aromatic carbocycles. The zero-order chi connectivity index (χ0) is 25.8. The van der Waals surface area contributed by atoms with Crippen LogP contribution in [0.2, 0.25) is 0 Å². The molecule has 0 heterocycles. The molecule has 0 aliphatic rings. The summed E-state index contributed by atoms with van der Waals surface area (Å²) in [7, 11) is 3.93. The molecule has 218 valence electrons. The van der Waals surface area contributed by atoms with E-state index < -0.39 is 0 Å². The standard InChI is InChI=1S/C30H48N2O2S2.2ClH/c1-25(2)27-13-5-7-15-29(27)33-21-11-9-17-31-19-23-35-36-24-20-32-18-10-12-22-34-30-16-8-6-14-28(30)26(3)4;;/h5-8,13-16,25-26,31-32H,9-12,17-24H2,1-4H3;2*1H. The van der Waals surface area contributed by atoms with Gasteiger partial charge in [0.25, 0.3) is 0 Å². The van der Waals surface area contributed by atoms with Gasteiger partial charge in [0, 0.05) is 24.6 Å². The molecule has 38 heavy (non-hydrogen) atoms. The van der Waals surface area contributed by atoms with Gasteiger partial charge in [-0.05, 0) is 73.9 Å². The smallest absolute Gasteiger partial charge is 0.122 e. The number of unbranched alkanes of at least 4 members (excludes halogenated alkanes) is 2. The first kappa shape index (κ1) is 37.2. The fraction of sp³-hybridized carbons (Fsp3) is 0.600. The van der Waals surface area contributed by atoms with Crippen LogP contribution in [-0.2, 0) is 0 Å². The maximum Gasteiger partial charge on any atom is 0.122 e. The average Bonchev–Trinajstić information content (AvgIpc) is 2.88. The Morgan fingerprint density at radius 2 is 0.974 bits per heavy atom. The van der Waals surface area contributed by atoms with Crippen molar-refractivity contribution < 1.29 is 9.47 Å². The number of para-hydroxylation sites is 2. The van der Waals surface area contributed by atoms with E-state index in [9.17, 15) is 0 Å². The third-order valence-electron chi connectivity index (χ3n) is 5.90. The fourth-order valence-corrected chi connectivity index (χ4v) is 5.74. The predicted molar refractivity (Wildman–Crippen MR) is 176 cm³/mol. The second kappa shape index (κ2) is 24.1. The first-order chi connectivity index (χ1) is 17.6. The topological polar surface area (TPSA) is 42.5 Å². The van der Waals surface area contributed by atoms with Crippen LogP contribution in [0.15, 0.2) is 48.5 Å². The Bertz CT molecular complexity index is 761. The van der Waals surface area contributed by atoms with Crippen LogP contribution >= 0.6 is 46.4 Å². The van der Waals surface area contributed by atoms with Gasteiger partial charge in [-0.15, -0.1) is 24.8 Å². The molecule has 0 aliphatic heterocycles. The van der Waals surface area contributed by atoms with Crippen LogP contribution in [0.4, 0.5) is 0 Å². The van der Waals surface area contributed by atoms with Crippen LogP contribution in [0.1, 0.15) is 76.3 Å². The Balaban J connectivity index is 0.00000684. The maximum absolute atomic E-state index is 6.00. The average molecular weight is 606 g/mol. The molecular formula is C30H50Cl2N2O2S2. The zero-order valence-electron chi connectivity index (χ0n) is 23.7. The molecule has 0 atom stereocenters. The summed E-state index contributed by atoms with van der Waals surface area (Å²) in [6.07, 6.45) is 4.48. The van der Waals surface area contributed by atoms with Gasteiger partial charge < -0.3 is 20.1 Å². The van der Waals surface area contributed by atoms with E-state index in [2.05, 4.69) is 86.9 Å². The zero-order valence-corrected chi connectivity index (χ0v) is 27.0. The highest BCUT2D eigenvalue weighted by atomic mass is 35.5. The minimum absolute atomic E-state index is 0. The van der Waals surface area contributed by atoms with E-state index in [1.54, 1.807) is 0 Å². The van der Waals surface area contributed by atoms with Gasteiger partial charge in [-0.25, -0.2) is 0 Å². The summed E-state index contributed by atoms with van der Waals surface area (Å²) in [5, 5.41) is 7.10. The SMILES string of the molecule is CC(C)c1ccccc1OCCCCNCCSSCCNCCCCOc1ccccc1C(C)C.Cl.Cl. The fourth-order valence-electron chi connectivity index (χ4n) is 3.84. The first-order valence-electron chi connectivity index (χ1n) is 13.7. The van der Waals surface area contributed by atoms with E-state index in [0.29, 0.717) is 11.8 Å². The molecule has 0 spiro atoms. The number of hydrogen-bond acceptors (Lipinski definition) is 6. The third-order valence-corrected chi connectivity index (χ3v) is 8.31. The van der Waals surface area contributed by atoms with Crippen molar-refractivity contribution in [3.8, 4) is 11.5 Å². The predicted octanol–water partition coefficient (Wildman–Crippen LogP) is 8.36. The molecule has 0 bridgehead atoms. The monoisotopic (exact) mass is 604 g/mol. The number of hydrogen-bond donors (Lipinski definition) is 2. The molecule has 0 saturated carbocycles. The molecular weight excluding hydrogens is 555 g/mol. The van der Waals surface area contributed by atoms with E-state index in [-0.39, 0.29) is 24.8 Å². The Morgan fingerprint density at radius 1 is 0.579 bits per heavy atom. The maximum atomic E-state index is 6.00. The minimum atomic E-state index is 0. The van der Waals surface area contributed by atoms with Crippen molar-refractivity contribution in [2.75, 3.05) is 50.9 Å². The van der Waals surface area contributed by atoms with Gasteiger partial charge in [0.15, 0.2) is 0 Å². The van der Waals surface area contributed by atoms with Crippen molar-refractivity contribution in [2.24, 2.45) is 0 Å². The van der Waals surface area contributed by atoms with Gasteiger partial charge in [-0.2, -0.15) is 0 Å². The van der Waals surface area contributed by atoms with Crippen molar-refractivity contribution in [1.29, 1.82) is 0 Å². The first-order valence-corrected chi connectivity index (χ1v) is 16.2. The summed E-state index contributed by atoms with van der Waals surface area (Å²) in [6, 6.07) is 16.8. The van der Waals surface area contributed by atoms with Crippen LogP contribution < -0.4 is 20.1 Å². The molecule has 2 rings (SSSR count). The van der Waals surface area contributed by atoms with Crippen molar-refractivity contribution in [3.63, 3.8) is 0 Å². The Kier molecular flexibility index (Phi) is 23.6. The highest BCUT2D eigenvalue weighted by Gasteiger charge is 2.07. The second-order valence-electron chi connectivity index (χ2n) is 9.64. The van der Waals surface area contributed by atoms with Gasteiger partial charge in [0.05, 0.1) is 13.2 Å². The number of ether oxygens (including phenoxy) is 2. The highest BCUT2D eigenvalue weighted by Crippen LogP contribution is 2.27. The summed E-state index contributed by atoms with van der Waals surface area (Å²) in [6.45, 7) is 14.7. The number of rotatable bonds is 21. The summed E-state index contributed by atoms with van der Waals surface area (Å²) in [5.41, 5.74) is 2.60. The Hall–Kier alpha value is -0.760. The van der Waals surface area contributed by atoms with Gasteiger partial charge in [0.1, 0.15) is 11.5 Å². The van der Waals surface area contributed by atoms with Crippen molar-refractivity contribution in [2.45, 2.75) is 65.2 Å². The van der Waals surface area contributed by atoms with Crippen LogP contribution in [0, 0.1) is 0 Å². The van der Waals surface area contributed by atoms with Crippen molar-refractivity contribution in [3.05, 3.63) is 59.7 Å². The van der Waals surface area contributed by atoms with Crippen molar-refractivity contribution >= 4 is 46.4 Å². The van der Waals surface area contributed by atoms with E-state index in [1.165, 1.54) is 11.1 Å². The quantitative estimate of drug-likeness (QED) is 0.110. The van der Waals surface area contributed by atoms with E-state index >= 15 is 0 Å². The van der Waals surface area contributed by atoms with Crippen molar-refractivity contribution in [1.82, 2.24) is 10.6 Å². The lowest BCUT2D eigenvalue weighted by atomic mass is 10.0. The molecule has 0 radical (unpaired) electrons. The molecule has 2 aromatic rings. The molecule has 8 heteroatoms. The van der Waals surface area contributed by atoms with E-state index in [1.807, 2.05) is 21.6 Å². The normalized spacial score (nSPS) is 10.8. The number of nitrogens with one attached hydrogen (secondary N) is 2. The third kappa shape index (κ3) is 16.4. The lowest BCUT2D eigenvalue weighted by Crippen LogP contribution is -2.19. The van der Waals surface area contributed by atoms with Gasteiger partial charge in [-0.1, -0.05) is 85.7 Å². The molecule has 2 N–H and O–H groups in total. The second-order valence-corrected chi connectivity index (χ2v) is 12.3. The molecule has 0 unspecified atom stereocenters. The van der Waals surface area contributed by atoms with E-state index in [4.69, 9.17) is 9.47 Å². The van der Waals surface area contributed by atoms with Gasteiger partial charge in [0.2, 0.25) is 0 Å². The molecule has 0 saturated heterocycles. The minimum Gasteiger partial charge on any atom is -0.493 e. The summed E-state index contributed by atoms with van der Waals surface area (Å²) >= 11 is 0. The summed E-state index contributed by atoms with van der Waals surface area (Å²) in [4.78, 5) is 0. The molecule has 0 aliphatic carbocycles. The van der Waals surface area contributed by atoms with E-state index in [0.717, 1.165) is 88.1 Å². The molecule has 4 nitrogen and oxygen atoms in total. The summed E-state index contributed by atoms with van der Waals surface area (Å²) < 4.78 is 12.0. The van der Waals surface area contributed by atoms with Crippen LogP contribution in [0.25, 0.3) is 0 Å². The van der Waals surface area contributed by atoms with Crippen LogP contribution in [0.3, 0.4) is 0 Å². The number of halogens is 2.